The minimum absolute atomic E-state index is 0.386. The van der Waals surface area contributed by atoms with Crippen molar-refractivity contribution in [3.8, 4) is 11.5 Å². The molecule has 0 aliphatic carbocycles. The molecule has 0 N–H and O–H groups in total. The van der Waals surface area contributed by atoms with Crippen molar-refractivity contribution in [3.63, 3.8) is 0 Å². The third kappa shape index (κ3) is 3.70. The molecule has 0 atom stereocenters. The van der Waals surface area contributed by atoms with Crippen LogP contribution in [0.2, 0.25) is 0 Å². The highest BCUT2D eigenvalue weighted by molar-refractivity contribution is 5.30. The number of hydrogen-bond donors (Lipinski definition) is 0. The summed E-state index contributed by atoms with van der Waals surface area (Å²) in [6.07, 6.45) is 4.28. The Morgan fingerprint density at radius 1 is 1.19 bits per heavy atom. The molecular formula is C20H21N3O3. The summed E-state index contributed by atoms with van der Waals surface area (Å²) in [6.45, 7) is 3.01. The molecule has 0 spiro atoms. The molecule has 0 bridgehead atoms. The predicted molar refractivity (Wildman–Crippen MR) is 95.9 cm³/mol. The van der Waals surface area contributed by atoms with Gasteiger partial charge in [0.25, 0.3) is 0 Å². The summed E-state index contributed by atoms with van der Waals surface area (Å²) in [7, 11) is 1.69. The number of rotatable bonds is 6. The Kier molecular flexibility index (Phi) is 4.84. The fourth-order valence-electron chi connectivity index (χ4n) is 3.18. The largest absolute Gasteiger partial charge is 0.497 e. The normalized spacial score (nSPS) is 14.0. The van der Waals surface area contributed by atoms with Gasteiger partial charge in [-0.2, -0.15) is 0 Å². The van der Waals surface area contributed by atoms with Gasteiger partial charge in [-0.15, -0.1) is 0 Å². The van der Waals surface area contributed by atoms with Crippen molar-refractivity contribution >= 4 is 0 Å². The first-order chi connectivity index (χ1) is 12.8. The molecule has 0 saturated heterocycles. The fourth-order valence-corrected chi connectivity index (χ4v) is 3.18. The van der Waals surface area contributed by atoms with Crippen LogP contribution in [0.4, 0.5) is 0 Å². The zero-order chi connectivity index (χ0) is 17.8. The predicted octanol–water partition coefficient (Wildman–Crippen LogP) is 3.22. The average molecular weight is 351 g/mol. The number of hydrogen-bond acceptors (Lipinski definition) is 6. The van der Waals surface area contributed by atoms with Crippen molar-refractivity contribution in [1.82, 2.24) is 15.0 Å². The number of ether oxygens (including phenoxy) is 2. The van der Waals surface area contributed by atoms with Crippen molar-refractivity contribution < 1.29 is 14.0 Å². The Balaban J connectivity index is 1.43. The third-order valence-corrected chi connectivity index (χ3v) is 4.54. The number of aromatic nitrogens is 2. The molecule has 2 aromatic heterocycles. The molecule has 1 aromatic carbocycles. The molecule has 0 amide bonds. The van der Waals surface area contributed by atoms with E-state index in [0.717, 1.165) is 54.6 Å². The number of fused-ring (bicyclic) bond motifs is 1. The maximum absolute atomic E-state index is 5.78. The van der Waals surface area contributed by atoms with Gasteiger partial charge in [-0.1, -0.05) is 17.3 Å². The lowest BCUT2D eigenvalue weighted by Crippen LogP contribution is -2.30. The van der Waals surface area contributed by atoms with E-state index in [1.54, 1.807) is 19.5 Å². The van der Waals surface area contributed by atoms with Crippen LogP contribution in [0.3, 0.4) is 0 Å². The maximum atomic E-state index is 5.78. The number of benzene rings is 1. The fraction of sp³-hybridized carbons (Fsp3) is 0.300. The van der Waals surface area contributed by atoms with Gasteiger partial charge in [0.05, 0.1) is 13.3 Å². The van der Waals surface area contributed by atoms with Gasteiger partial charge in [0.1, 0.15) is 29.6 Å². The van der Waals surface area contributed by atoms with E-state index >= 15 is 0 Å². The SMILES string of the molecule is COc1cccc(CN2CCc3onc(COc4cccnc4)c3C2)c1. The van der Waals surface area contributed by atoms with Crippen LogP contribution >= 0.6 is 0 Å². The van der Waals surface area contributed by atoms with Crippen molar-refractivity contribution in [2.45, 2.75) is 26.1 Å². The smallest absolute Gasteiger partial charge is 0.142 e. The number of methoxy groups -OCH3 is 1. The summed E-state index contributed by atoms with van der Waals surface area (Å²) in [5.41, 5.74) is 3.24. The van der Waals surface area contributed by atoms with Crippen LogP contribution in [0.15, 0.2) is 53.3 Å². The summed E-state index contributed by atoms with van der Waals surface area (Å²) in [6, 6.07) is 11.9. The Hall–Kier alpha value is -2.86. The van der Waals surface area contributed by atoms with Crippen LogP contribution < -0.4 is 9.47 Å². The average Bonchev–Trinajstić information content (AvgIpc) is 3.09. The first-order valence-corrected chi connectivity index (χ1v) is 8.66. The lowest BCUT2D eigenvalue weighted by Gasteiger charge is -2.26. The molecule has 0 fully saturated rings. The monoisotopic (exact) mass is 351 g/mol. The van der Waals surface area contributed by atoms with E-state index < -0.39 is 0 Å². The van der Waals surface area contributed by atoms with Crippen molar-refractivity contribution in [1.29, 1.82) is 0 Å². The first-order valence-electron chi connectivity index (χ1n) is 8.66. The van der Waals surface area contributed by atoms with Gasteiger partial charge in [-0.3, -0.25) is 9.88 Å². The van der Waals surface area contributed by atoms with Gasteiger partial charge < -0.3 is 14.0 Å². The van der Waals surface area contributed by atoms with E-state index in [-0.39, 0.29) is 0 Å². The zero-order valence-electron chi connectivity index (χ0n) is 14.7. The zero-order valence-corrected chi connectivity index (χ0v) is 14.7. The molecule has 0 unspecified atom stereocenters. The van der Waals surface area contributed by atoms with E-state index in [9.17, 15) is 0 Å². The second kappa shape index (κ2) is 7.58. The molecule has 3 heterocycles. The van der Waals surface area contributed by atoms with Crippen LogP contribution in [0.5, 0.6) is 11.5 Å². The van der Waals surface area contributed by atoms with Crippen LogP contribution in [0.1, 0.15) is 22.6 Å². The second-order valence-electron chi connectivity index (χ2n) is 6.32. The topological polar surface area (TPSA) is 60.6 Å². The lowest BCUT2D eigenvalue weighted by atomic mass is 10.1. The standard InChI is InChI=1S/C20H21N3O3/c1-24-16-5-2-4-15(10-16)12-23-9-7-20-18(13-23)19(22-26-20)14-25-17-6-3-8-21-11-17/h2-6,8,10-11H,7,9,12-14H2,1H3. The molecule has 1 aliphatic rings. The highest BCUT2D eigenvalue weighted by atomic mass is 16.5. The van der Waals surface area contributed by atoms with Crippen LogP contribution in [0, 0.1) is 0 Å². The molecule has 3 aromatic rings. The summed E-state index contributed by atoms with van der Waals surface area (Å²) in [5.74, 6) is 2.58. The highest BCUT2D eigenvalue weighted by Gasteiger charge is 2.24. The van der Waals surface area contributed by atoms with Crippen LogP contribution in [0.25, 0.3) is 0 Å². The summed E-state index contributed by atoms with van der Waals surface area (Å²) in [5, 5.41) is 4.21. The van der Waals surface area contributed by atoms with Gasteiger partial charge >= 0.3 is 0 Å². The van der Waals surface area contributed by atoms with Gasteiger partial charge in [0, 0.05) is 37.8 Å². The molecule has 134 valence electrons. The summed E-state index contributed by atoms with van der Waals surface area (Å²) < 4.78 is 16.6. The van der Waals surface area contributed by atoms with Gasteiger partial charge in [0.2, 0.25) is 0 Å². The van der Waals surface area contributed by atoms with E-state index in [0.29, 0.717) is 6.61 Å². The summed E-state index contributed by atoms with van der Waals surface area (Å²) in [4.78, 5) is 6.45. The molecule has 6 nitrogen and oxygen atoms in total. The molecule has 0 radical (unpaired) electrons. The highest BCUT2D eigenvalue weighted by Crippen LogP contribution is 2.25. The molecule has 6 heteroatoms. The van der Waals surface area contributed by atoms with Crippen molar-refractivity contribution in [3.05, 3.63) is 71.4 Å². The Bertz CT molecular complexity index is 864. The quantitative estimate of drug-likeness (QED) is 0.680. The Morgan fingerprint density at radius 2 is 2.12 bits per heavy atom. The van der Waals surface area contributed by atoms with Gasteiger partial charge in [-0.25, -0.2) is 0 Å². The molecule has 0 saturated carbocycles. The van der Waals surface area contributed by atoms with E-state index in [1.807, 2.05) is 24.3 Å². The van der Waals surface area contributed by atoms with Crippen molar-refractivity contribution in [2.75, 3.05) is 13.7 Å². The lowest BCUT2D eigenvalue weighted by molar-refractivity contribution is 0.228. The van der Waals surface area contributed by atoms with Crippen LogP contribution in [-0.2, 0) is 26.1 Å². The van der Waals surface area contributed by atoms with Crippen LogP contribution in [-0.4, -0.2) is 28.7 Å². The number of pyridine rings is 1. The first kappa shape index (κ1) is 16.6. The minimum Gasteiger partial charge on any atom is -0.497 e. The number of nitrogens with zero attached hydrogens (tertiary/aromatic N) is 3. The Labute approximate surface area is 152 Å². The summed E-state index contributed by atoms with van der Waals surface area (Å²) >= 11 is 0. The molecule has 4 rings (SSSR count). The van der Waals surface area contributed by atoms with Crippen molar-refractivity contribution in [2.24, 2.45) is 0 Å². The van der Waals surface area contributed by atoms with E-state index in [4.69, 9.17) is 14.0 Å². The molecular weight excluding hydrogens is 330 g/mol. The molecule has 26 heavy (non-hydrogen) atoms. The minimum atomic E-state index is 0.386. The third-order valence-electron chi connectivity index (χ3n) is 4.54. The van der Waals surface area contributed by atoms with E-state index in [1.165, 1.54) is 5.56 Å². The van der Waals surface area contributed by atoms with Gasteiger partial charge in [0.15, 0.2) is 0 Å². The maximum Gasteiger partial charge on any atom is 0.142 e. The second-order valence-corrected chi connectivity index (χ2v) is 6.32. The van der Waals surface area contributed by atoms with E-state index in [2.05, 4.69) is 27.2 Å². The molecule has 1 aliphatic heterocycles. The van der Waals surface area contributed by atoms with Gasteiger partial charge in [-0.05, 0) is 29.8 Å². The Morgan fingerprint density at radius 3 is 2.96 bits per heavy atom.